The van der Waals surface area contributed by atoms with Crippen LogP contribution in [0.3, 0.4) is 0 Å². The molecule has 2 aromatic rings. The number of primary amides is 1. The molecule has 0 saturated heterocycles. The molecule has 3 rings (SSSR count). The van der Waals surface area contributed by atoms with Gasteiger partial charge in [0.15, 0.2) is 11.5 Å². The van der Waals surface area contributed by atoms with Crippen LogP contribution in [0, 0.1) is 0 Å². The number of carbonyl (C=O) groups excluding carboxylic acids is 1. The van der Waals surface area contributed by atoms with Gasteiger partial charge in [-0.1, -0.05) is 0 Å². The molecule has 0 aliphatic carbocycles. The van der Waals surface area contributed by atoms with Gasteiger partial charge in [0.05, 0.1) is 0 Å². The van der Waals surface area contributed by atoms with Crippen LogP contribution in [0.4, 0.5) is 5.82 Å². The fraction of sp³-hybridized carbons (Fsp3) is 0.333. The number of anilines is 1. The summed E-state index contributed by atoms with van der Waals surface area (Å²) in [6.45, 7) is 1.00. The minimum atomic E-state index is -0.258. The van der Waals surface area contributed by atoms with Crippen molar-refractivity contribution in [1.82, 2.24) is 4.98 Å². The third-order valence-corrected chi connectivity index (χ3v) is 3.40. The van der Waals surface area contributed by atoms with Crippen molar-refractivity contribution in [3.05, 3.63) is 24.4 Å². The molecule has 1 amide bonds. The summed E-state index contributed by atoms with van der Waals surface area (Å²) in [6.07, 6.45) is 3.82. The lowest BCUT2D eigenvalue weighted by Crippen LogP contribution is -2.11. The number of hydrogen-bond donors (Lipinski definition) is 2. The Kier molecular flexibility index (Phi) is 3.77. The number of nitrogens with one attached hydrogen (secondary N) is 1. The molecule has 0 unspecified atom stereocenters. The van der Waals surface area contributed by atoms with E-state index in [0.717, 1.165) is 47.5 Å². The van der Waals surface area contributed by atoms with Crippen molar-refractivity contribution in [2.45, 2.75) is 19.3 Å². The zero-order valence-corrected chi connectivity index (χ0v) is 11.6. The first-order valence-electron chi connectivity index (χ1n) is 6.94. The van der Waals surface area contributed by atoms with Crippen molar-refractivity contribution in [3.8, 4) is 11.5 Å². The van der Waals surface area contributed by atoms with Crippen molar-refractivity contribution in [1.29, 1.82) is 0 Å². The number of hydrogen-bond acceptors (Lipinski definition) is 5. The first-order chi connectivity index (χ1) is 10.2. The lowest BCUT2D eigenvalue weighted by atomic mass is 10.1. The smallest absolute Gasteiger partial charge is 0.231 e. The second-order valence-corrected chi connectivity index (χ2v) is 4.94. The average Bonchev–Trinajstić information content (AvgIpc) is 2.91. The number of ether oxygens (including phenoxy) is 2. The molecule has 6 heteroatoms. The van der Waals surface area contributed by atoms with Gasteiger partial charge >= 0.3 is 0 Å². The summed E-state index contributed by atoms with van der Waals surface area (Å²) in [7, 11) is 0. The van der Waals surface area contributed by atoms with E-state index >= 15 is 0 Å². The number of carbonyl (C=O) groups is 1. The Labute approximate surface area is 122 Å². The summed E-state index contributed by atoms with van der Waals surface area (Å²) in [5.74, 6) is 2.06. The Morgan fingerprint density at radius 2 is 2.10 bits per heavy atom. The van der Waals surface area contributed by atoms with Crippen LogP contribution in [-0.2, 0) is 4.79 Å². The molecule has 0 fully saturated rings. The molecule has 0 spiro atoms. The molecule has 3 N–H and O–H groups in total. The molecule has 0 radical (unpaired) electrons. The number of benzene rings is 1. The summed E-state index contributed by atoms with van der Waals surface area (Å²) >= 11 is 0. The van der Waals surface area contributed by atoms with Crippen LogP contribution in [0.2, 0.25) is 0 Å². The van der Waals surface area contributed by atoms with Gasteiger partial charge in [-0.3, -0.25) is 4.79 Å². The SMILES string of the molecule is NC(=O)CCCCNc1nccc2cc3c(cc12)OCO3. The minimum absolute atomic E-state index is 0.258. The van der Waals surface area contributed by atoms with Crippen molar-refractivity contribution in [2.75, 3.05) is 18.7 Å². The highest BCUT2D eigenvalue weighted by Gasteiger charge is 2.15. The summed E-state index contributed by atoms with van der Waals surface area (Å²) in [6, 6.07) is 5.84. The van der Waals surface area contributed by atoms with Gasteiger partial charge in [-0.15, -0.1) is 0 Å². The second kappa shape index (κ2) is 5.87. The van der Waals surface area contributed by atoms with E-state index in [1.54, 1.807) is 6.20 Å². The van der Waals surface area contributed by atoms with E-state index in [0.29, 0.717) is 6.42 Å². The molecule has 0 atom stereocenters. The van der Waals surface area contributed by atoms with E-state index < -0.39 is 0 Å². The van der Waals surface area contributed by atoms with Crippen molar-refractivity contribution in [3.63, 3.8) is 0 Å². The maximum Gasteiger partial charge on any atom is 0.231 e. The Morgan fingerprint density at radius 1 is 1.29 bits per heavy atom. The number of aromatic nitrogens is 1. The summed E-state index contributed by atoms with van der Waals surface area (Å²) in [5.41, 5.74) is 5.11. The van der Waals surface area contributed by atoms with Gasteiger partial charge in [0.2, 0.25) is 12.7 Å². The lowest BCUT2D eigenvalue weighted by molar-refractivity contribution is -0.118. The molecule has 110 valence electrons. The Balaban J connectivity index is 1.72. The Morgan fingerprint density at radius 3 is 2.90 bits per heavy atom. The highest BCUT2D eigenvalue weighted by molar-refractivity contribution is 5.94. The maximum absolute atomic E-state index is 10.7. The molecule has 21 heavy (non-hydrogen) atoms. The van der Waals surface area contributed by atoms with Crippen LogP contribution >= 0.6 is 0 Å². The van der Waals surface area contributed by atoms with E-state index in [9.17, 15) is 4.79 Å². The zero-order valence-electron chi connectivity index (χ0n) is 11.6. The topological polar surface area (TPSA) is 86.5 Å². The Bertz CT molecular complexity index is 673. The fourth-order valence-electron chi connectivity index (χ4n) is 2.33. The zero-order chi connectivity index (χ0) is 14.7. The van der Waals surface area contributed by atoms with Crippen LogP contribution in [0.5, 0.6) is 11.5 Å². The predicted molar refractivity (Wildman–Crippen MR) is 79.4 cm³/mol. The second-order valence-electron chi connectivity index (χ2n) is 4.94. The predicted octanol–water partition coefficient (Wildman–Crippen LogP) is 2.03. The summed E-state index contributed by atoms with van der Waals surface area (Å²) < 4.78 is 10.8. The maximum atomic E-state index is 10.7. The monoisotopic (exact) mass is 287 g/mol. The van der Waals surface area contributed by atoms with Crippen LogP contribution in [0.25, 0.3) is 10.8 Å². The quantitative estimate of drug-likeness (QED) is 0.794. The first kappa shape index (κ1) is 13.5. The standard InChI is InChI=1S/C15H17N3O3/c16-14(19)3-1-2-5-17-15-11-8-13-12(20-9-21-13)7-10(11)4-6-18-15/h4,6-8H,1-3,5,9H2,(H2,16,19)(H,17,18). The number of rotatable bonds is 6. The number of fused-ring (bicyclic) bond motifs is 2. The molecule has 1 aromatic heterocycles. The number of nitrogens with two attached hydrogens (primary N) is 1. The van der Waals surface area contributed by atoms with E-state index in [4.69, 9.17) is 15.2 Å². The molecule has 0 saturated carbocycles. The first-order valence-corrected chi connectivity index (χ1v) is 6.94. The number of amides is 1. The molecular formula is C15H17N3O3. The Hall–Kier alpha value is -2.50. The van der Waals surface area contributed by atoms with E-state index in [-0.39, 0.29) is 12.7 Å². The van der Waals surface area contributed by atoms with Crippen LogP contribution in [-0.4, -0.2) is 24.2 Å². The van der Waals surface area contributed by atoms with Crippen molar-refractivity contribution < 1.29 is 14.3 Å². The van der Waals surface area contributed by atoms with E-state index in [1.165, 1.54) is 0 Å². The highest BCUT2D eigenvalue weighted by atomic mass is 16.7. The lowest BCUT2D eigenvalue weighted by Gasteiger charge is -2.09. The van der Waals surface area contributed by atoms with Gasteiger partial charge in [0.25, 0.3) is 0 Å². The van der Waals surface area contributed by atoms with E-state index in [1.807, 2.05) is 18.2 Å². The third kappa shape index (κ3) is 2.99. The van der Waals surface area contributed by atoms with Gasteiger partial charge in [-0.05, 0) is 36.4 Å². The van der Waals surface area contributed by atoms with Crippen molar-refractivity contribution >= 4 is 22.5 Å². The van der Waals surface area contributed by atoms with Gasteiger partial charge in [-0.25, -0.2) is 4.98 Å². The summed E-state index contributed by atoms with van der Waals surface area (Å²) in [5, 5.41) is 5.34. The molecule has 1 aliphatic rings. The highest BCUT2D eigenvalue weighted by Crippen LogP contribution is 2.37. The van der Waals surface area contributed by atoms with Crippen LogP contribution in [0.1, 0.15) is 19.3 Å². The molecule has 0 bridgehead atoms. The van der Waals surface area contributed by atoms with Crippen LogP contribution < -0.4 is 20.5 Å². The largest absolute Gasteiger partial charge is 0.454 e. The third-order valence-electron chi connectivity index (χ3n) is 3.40. The van der Waals surface area contributed by atoms with Gasteiger partial charge in [0.1, 0.15) is 5.82 Å². The number of pyridine rings is 1. The number of nitrogens with zero attached hydrogens (tertiary/aromatic N) is 1. The molecule has 2 heterocycles. The van der Waals surface area contributed by atoms with E-state index in [2.05, 4.69) is 10.3 Å². The molecule has 1 aromatic carbocycles. The van der Waals surface area contributed by atoms with Gasteiger partial charge < -0.3 is 20.5 Å². The number of unbranched alkanes of at least 4 members (excludes halogenated alkanes) is 1. The van der Waals surface area contributed by atoms with Gasteiger partial charge in [0, 0.05) is 24.5 Å². The normalized spacial score (nSPS) is 12.6. The van der Waals surface area contributed by atoms with Crippen LogP contribution in [0.15, 0.2) is 24.4 Å². The van der Waals surface area contributed by atoms with Gasteiger partial charge in [-0.2, -0.15) is 0 Å². The summed E-state index contributed by atoms with van der Waals surface area (Å²) in [4.78, 5) is 15.0. The minimum Gasteiger partial charge on any atom is -0.454 e. The molecule has 1 aliphatic heterocycles. The average molecular weight is 287 g/mol. The van der Waals surface area contributed by atoms with Crippen molar-refractivity contribution in [2.24, 2.45) is 5.73 Å². The molecule has 6 nitrogen and oxygen atoms in total. The molecular weight excluding hydrogens is 270 g/mol. The fourth-order valence-corrected chi connectivity index (χ4v) is 2.33.